The lowest BCUT2D eigenvalue weighted by atomic mass is 9.97. The highest BCUT2D eigenvalue weighted by Crippen LogP contribution is 2.20. The smallest absolute Gasteiger partial charge is 0.255 e. The molecule has 0 saturated carbocycles. The van der Waals surface area contributed by atoms with E-state index >= 15 is 0 Å². The third-order valence-corrected chi connectivity index (χ3v) is 7.00. The molecule has 0 spiro atoms. The lowest BCUT2D eigenvalue weighted by molar-refractivity contribution is 0.0770. The maximum Gasteiger partial charge on any atom is 0.255 e. The van der Waals surface area contributed by atoms with Gasteiger partial charge in [-0.25, -0.2) is 13.4 Å². The van der Waals surface area contributed by atoms with E-state index in [1.165, 1.54) is 12.8 Å². The molecule has 7 nitrogen and oxygen atoms in total. The normalized spacial score (nSPS) is 21.5. The summed E-state index contributed by atoms with van der Waals surface area (Å²) in [6, 6.07) is 3.67. The van der Waals surface area contributed by atoms with Crippen molar-refractivity contribution in [2.75, 3.05) is 63.2 Å². The first-order valence-corrected chi connectivity index (χ1v) is 11.0. The van der Waals surface area contributed by atoms with Crippen LogP contribution in [0.25, 0.3) is 0 Å². The van der Waals surface area contributed by atoms with Crippen molar-refractivity contribution in [3.05, 3.63) is 23.9 Å². The van der Waals surface area contributed by atoms with E-state index in [1.807, 2.05) is 13.1 Å². The van der Waals surface area contributed by atoms with Gasteiger partial charge in [0.15, 0.2) is 9.84 Å². The van der Waals surface area contributed by atoms with E-state index in [0.29, 0.717) is 11.5 Å². The lowest BCUT2D eigenvalue weighted by Gasteiger charge is -2.32. The molecule has 2 aliphatic rings. The molecule has 3 heterocycles. The molecule has 0 aromatic carbocycles. The number of aromatic nitrogens is 1. The van der Waals surface area contributed by atoms with Gasteiger partial charge in [0.2, 0.25) is 0 Å². The molecule has 2 saturated heterocycles. The summed E-state index contributed by atoms with van der Waals surface area (Å²) >= 11 is 0. The van der Waals surface area contributed by atoms with Crippen LogP contribution in [0.2, 0.25) is 0 Å². The molecule has 144 valence electrons. The van der Waals surface area contributed by atoms with Crippen molar-refractivity contribution in [1.29, 1.82) is 0 Å². The zero-order chi connectivity index (χ0) is 18.7. The number of hydrogen-bond donors (Lipinski definition) is 0. The Morgan fingerprint density at radius 1 is 1.19 bits per heavy atom. The SMILES string of the molecule is CN1CCC(CN(C)c2ccc(C(=O)N3CCS(=O)(=O)CC3)cn2)CC1. The monoisotopic (exact) mass is 380 g/mol. The van der Waals surface area contributed by atoms with Gasteiger partial charge in [0.05, 0.1) is 17.1 Å². The summed E-state index contributed by atoms with van der Waals surface area (Å²) in [5, 5.41) is 0. The minimum atomic E-state index is -2.99. The molecule has 0 bridgehead atoms. The number of nitrogens with zero attached hydrogens (tertiary/aromatic N) is 4. The van der Waals surface area contributed by atoms with Crippen molar-refractivity contribution in [3.63, 3.8) is 0 Å². The van der Waals surface area contributed by atoms with Gasteiger partial charge in [0, 0.05) is 32.9 Å². The van der Waals surface area contributed by atoms with Crippen LogP contribution in [-0.2, 0) is 9.84 Å². The molecule has 8 heteroatoms. The first kappa shape index (κ1) is 19.1. The van der Waals surface area contributed by atoms with Crippen LogP contribution >= 0.6 is 0 Å². The van der Waals surface area contributed by atoms with Crippen molar-refractivity contribution < 1.29 is 13.2 Å². The van der Waals surface area contributed by atoms with Gasteiger partial charge in [-0.2, -0.15) is 0 Å². The minimum absolute atomic E-state index is 0.0452. The molecule has 1 aromatic heterocycles. The van der Waals surface area contributed by atoms with E-state index < -0.39 is 9.84 Å². The second-order valence-electron chi connectivity index (χ2n) is 7.48. The Labute approximate surface area is 155 Å². The summed E-state index contributed by atoms with van der Waals surface area (Å²) in [5.74, 6) is 1.49. The van der Waals surface area contributed by atoms with Crippen LogP contribution in [0.4, 0.5) is 5.82 Å². The average molecular weight is 381 g/mol. The van der Waals surface area contributed by atoms with E-state index in [-0.39, 0.29) is 30.5 Å². The summed E-state index contributed by atoms with van der Waals surface area (Å²) in [4.78, 5) is 23.1. The van der Waals surface area contributed by atoms with Crippen molar-refractivity contribution in [3.8, 4) is 0 Å². The van der Waals surface area contributed by atoms with Crippen molar-refractivity contribution in [2.45, 2.75) is 12.8 Å². The zero-order valence-electron chi connectivity index (χ0n) is 15.6. The molecule has 2 fully saturated rings. The molecule has 1 amide bonds. The van der Waals surface area contributed by atoms with E-state index in [0.717, 1.165) is 25.5 Å². The predicted molar refractivity (Wildman–Crippen MR) is 102 cm³/mol. The number of anilines is 1. The topological polar surface area (TPSA) is 73.8 Å². The summed E-state index contributed by atoms with van der Waals surface area (Å²) in [7, 11) is 1.21. The molecule has 0 unspecified atom stereocenters. The molecule has 0 radical (unpaired) electrons. The molecule has 0 atom stereocenters. The predicted octanol–water partition coefficient (Wildman–Crippen LogP) is 0.730. The van der Waals surface area contributed by atoms with E-state index in [9.17, 15) is 13.2 Å². The average Bonchev–Trinajstić information content (AvgIpc) is 2.63. The molecule has 2 aliphatic heterocycles. The van der Waals surface area contributed by atoms with E-state index in [4.69, 9.17) is 0 Å². The number of likely N-dealkylation sites (tertiary alicyclic amines) is 1. The highest BCUT2D eigenvalue weighted by molar-refractivity contribution is 7.91. The number of pyridine rings is 1. The Balaban J connectivity index is 1.56. The first-order valence-electron chi connectivity index (χ1n) is 9.19. The van der Waals surface area contributed by atoms with Crippen molar-refractivity contribution in [2.24, 2.45) is 5.92 Å². The number of hydrogen-bond acceptors (Lipinski definition) is 6. The van der Waals surface area contributed by atoms with Gasteiger partial charge in [-0.1, -0.05) is 0 Å². The maximum atomic E-state index is 12.5. The van der Waals surface area contributed by atoms with Gasteiger partial charge >= 0.3 is 0 Å². The number of carbonyl (C=O) groups is 1. The molecule has 3 rings (SSSR count). The van der Waals surface area contributed by atoms with Gasteiger partial charge in [-0.15, -0.1) is 0 Å². The number of rotatable bonds is 4. The fraction of sp³-hybridized carbons (Fsp3) is 0.667. The van der Waals surface area contributed by atoms with Gasteiger partial charge in [-0.3, -0.25) is 4.79 Å². The third kappa shape index (κ3) is 4.73. The van der Waals surface area contributed by atoms with Crippen molar-refractivity contribution >= 4 is 21.6 Å². The number of sulfone groups is 1. The molecule has 1 aromatic rings. The largest absolute Gasteiger partial charge is 0.359 e. The van der Waals surface area contributed by atoms with Crippen LogP contribution < -0.4 is 4.90 Å². The van der Waals surface area contributed by atoms with Crippen LogP contribution in [0.5, 0.6) is 0 Å². The second-order valence-corrected chi connectivity index (χ2v) is 9.78. The Morgan fingerprint density at radius 2 is 1.85 bits per heavy atom. The Hall–Kier alpha value is -1.67. The van der Waals surface area contributed by atoms with Crippen LogP contribution in [0, 0.1) is 5.92 Å². The molecule has 0 N–H and O–H groups in total. The first-order chi connectivity index (χ1) is 12.3. The summed E-state index contributed by atoms with van der Waals surface area (Å²) in [6.45, 7) is 3.78. The Bertz CT molecular complexity index is 713. The fourth-order valence-corrected chi connectivity index (χ4v) is 4.76. The highest BCUT2D eigenvalue weighted by atomic mass is 32.2. The summed E-state index contributed by atoms with van der Waals surface area (Å²) < 4.78 is 23.0. The number of piperidine rings is 1. The van der Waals surface area contributed by atoms with Crippen molar-refractivity contribution in [1.82, 2.24) is 14.8 Å². The van der Waals surface area contributed by atoms with Crippen LogP contribution in [-0.4, -0.2) is 87.4 Å². The summed E-state index contributed by atoms with van der Waals surface area (Å²) in [5.41, 5.74) is 0.515. The van der Waals surface area contributed by atoms with Gasteiger partial charge in [-0.05, 0) is 51.0 Å². The van der Waals surface area contributed by atoms with Crippen LogP contribution in [0.3, 0.4) is 0 Å². The number of amides is 1. The molecule has 0 aliphatic carbocycles. The molecular formula is C18H28N4O3S. The van der Waals surface area contributed by atoms with Gasteiger partial charge in [0.1, 0.15) is 5.82 Å². The Morgan fingerprint density at radius 3 is 2.42 bits per heavy atom. The fourth-order valence-electron chi connectivity index (χ4n) is 3.56. The molecule has 26 heavy (non-hydrogen) atoms. The van der Waals surface area contributed by atoms with Crippen LogP contribution in [0.15, 0.2) is 18.3 Å². The number of carbonyl (C=O) groups excluding carboxylic acids is 1. The van der Waals surface area contributed by atoms with Gasteiger partial charge < -0.3 is 14.7 Å². The summed E-state index contributed by atoms with van der Waals surface area (Å²) in [6.07, 6.45) is 4.01. The van der Waals surface area contributed by atoms with E-state index in [1.54, 1.807) is 17.2 Å². The quantitative estimate of drug-likeness (QED) is 0.767. The van der Waals surface area contributed by atoms with Gasteiger partial charge in [0.25, 0.3) is 5.91 Å². The second kappa shape index (κ2) is 7.92. The standard InChI is InChI=1S/C18H28N4O3S/c1-20-7-5-15(6-8-20)14-21(2)17-4-3-16(13-19-17)18(23)22-9-11-26(24,25)12-10-22/h3-4,13,15H,5-12,14H2,1-2H3. The maximum absolute atomic E-state index is 12.5. The third-order valence-electron chi connectivity index (χ3n) is 5.39. The van der Waals surface area contributed by atoms with E-state index in [2.05, 4.69) is 21.8 Å². The highest BCUT2D eigenvalue weighted by Gasteiger charge is 2.26. The van der Waals surface area contributed by atoms with Crippen LogP contribution in [0.1, 0.15) is 23.2 Å². The molecular weight excluding hydrogens is 352 g/mol. The minimum Gasteiger partial charge on any atom is -0.359 e. The zero-order valence-corrected chi connectivity index (χ0v) is 16.4. The lowest BCUT2D eigenvalue weighted by Crippen LogP contribution is -2.43. The Kier molecular flexibility index (Phi) is 5.82.